The Morgan fingerprint density at radius 1 is 0.311 bits per heavy atom. The molecule has 0 radical (unpaired) electrons. The summed E-state index contributed by atoms with van der Waals surface area (Å²) in [5, 5.41) is -0.235. The predicted octanol–water partition coefficient (Wildman–Crippen LogP) is 11.9. The summed E-state index contributed by atoms with van der Waals surface area (Å²) in [5.41, 5.74) is 2.13. The minimum absolute atomic E-state index is 0.00231. The maximum absolute atomic E-state index is 12.3. The van der Waals surface area contributed by atoms with E-state index in [1.54, 1.807) is 20.8 Å². The van der Waals surface area contributed by atoms with E-state index in [4.69, 9.17) is 69.6 Å². The van der Waals surface area contributed by atoms with E-state index in [0.717, 1.165) is 18.7 Å². The molecule has 8 rings (SSSR count). The van der Waals surface area contributed by atoms with Gasteiger partial charge in [-0.25, -0.2) is 69.8 Å². The molecule has 0 atom stereocenters. The lowest BCUT2D eigenvalue weighted by molar-refractivity contribution is 0.466. The third-order valence-corrected chi connectivity index (χ3v) is 9.13. The first kappa shape index (κ1) is 65.6. The third-order valence-electron chi connectivity index (χ3n) is 6.96. The number of rotatable bonds is 0. The lowest BCUT2D eigenvalue weighted by atomic mass is 10.4. The normalized spacial score (nSPS) is 9.76. The first-order chi connectivity index (χ1) is 34.4. The first-order valence-corrected chi connectivity index (χ1v) is 21.3. The molecular weight excluding hydrogens is 1150 g/mol. The van der Waals surface area contributed by atoms with Crippen LogP contribution >= 0.6 is 69.6 Å². The minimum atomic E-state index is -1.10. The van der Waals surface area contributed by atoms with Gasteiger partial charge in [0.25, 0.3) is 5.95 Å². The highest BCUT2D eigenvalue weighted by molar-refractivity contribution is 6.42. The van der Waals surface area contributed by atoms with E-state index in [9.17, 15) is 52.7 Å². The molecule has 0 spiro atoms. The average molecular weight is 1180 g/mol. The molecule has 16 nitrogen and oxygen atoms in total. The van der Waals surface area contributed by atoms with Crippen LogP contribution in [-0.4, -0.2) is 79.7 Å². The Kier molecular flexibility index (Phi) is 28.9. The molecular formula is C40H30Cl6F12N16. The van der Waals surface area contributed by atoms with Crippen LogP contribution in [0.1, 0.15) is 45.8 Å². The van der Waals surface area contributed by atoms with Crippen LogP contribution in [0, 0.1) is 127 Å². The van der Waals surface area contributed by atoms with Crippen LogP contribution in [0.25, 0.3) is 0 Å². The average Bonchev–Trinajstić information content (AvgIpc) is 3.28. The smallest absolute Gasteiger partial charge is 0.241 e. The fourth-order valence-electron chi connectivity index (χ4n) is 3.75. The lowest BCUT2D eigenvalue weighted by Crippen LogP contribution is -1.97. The van der Waals surface area contributed by atoms with E-state index in [1.165, 1.54) is 47.0 Å². The van der Waals surface area contributed by atoms with Crippen molar-refractivity contribution >= 4 is 69.6 Å². The van der Waals surface area contributed by atoms with E-state index in [2.05, 4.69) is 79.7 Å². The number of hydrogen-bond acceptors (Lipinski definition) is 16. The van der Waals surface area contributed by atoms with Crippen molar-refractivity contribution in [3.05, 3.63) is 185 Å². The van der Waals surface area contributed by atoms with Gasteiger partial charge in [-0.15, -0.1) is 0 Å². The highest BCUT2D eigenvalue weighted by atomic mass is 35.5. The molecule has 0 bridgehead atoms. The molecule has 34 heteroatoms. The summed E-state index contributed by atoms with van der Waals surface area (Å²) in [7, 11) is 0. The fourth-order valence-corrected chi connectivity index (χ4v) is 4.57. The maximum Gasteiger partial charge on any atom is 0.311 e. The van der Waals surface area contributed by atoms with E-state index >= 15 is 0 Å². The molecule has 0 N–H and O–H groups in total. The SMILES string of the molecule is Cc1cc(F)nc(F)n1.Cc1cc(F)ncn1.Cc1nc(Cl)nc(Cl)c1Cl.Cc1nc(F)c(Cl)c(F)n1.Cc1nc(F)cc(F)n1.Cc1nc(F)nc(F)c1Cl.Cc1ncnc(F)c1Cl.Cc1ncnc(F)c1F. The van der Waals surface area contributed by atoms with Crippen molar-refractivity contribution in [2.24, 2.45) is 0 Å². The van der Waals surface area contributed by atoms with Gasteiger partial charge in [-0.2, -0.15) is 62.7 Å². The summed E-state index contributed by atoms with van der Waals surface area (Å²) in [4.78, 5) is 52.4. The van der Waals surface area contributed by atoms with Gasteiger partial charge < -0.3 is 0 Å². The molecule has 0 aliphatic heterocycles. The molecule has 0 fully saturated rings. The quantitative estimate of drug-likeness (QED) is 0.0786. The number of halogens is 18. The summed E-state index contributed by atoms with van der Waals surface area (Å²) >= 11 is 32.4. The van der Waals surface area contributed by atoms with Crippen LogP contribution < -0.4 is 0 Å². The third kappa shape index (κ3) is 25.5. The van der Waals surface area contributed by atoms with Gasteiger partial charge in [0.05, 0.1) is 27.8 Å². The van der Waals surface area contributed by atoms with Gasteiger partial charge in [-0.3, -0.25) is 0 Å². The highest BCUT2D eigenvalue weighted by Crippen LogP contribution is 2.23. The summed E-state index contributed by atoms with van der Waals surface area (Å²) in [6.45, 7) is 12.1. The monoisotopic (exact) mass is 1170 g/mol. The molecule has 8 aromatic heterocycles. The molecule has 0 aromatic carbocycles. The molecule has 0 aliphatic rings. The van der Waals surface area contributed by atoms with E-state index in [0.29, 0.717) is 33.9 Å². The Morgan fingerprint density at radius 3 is 1.18 bits per heavy atom. The van der Waals surface area contributed by atoms with Crippen LogP contribution in [0.5, 0.6) is 0 Å². The van der Waals surface area contributed by atoms with E-state index < -0.39 is 76.5 Å². The van der Waals surface area contributed by atoms with Crippen molar-refractivity contribution in [2.75, 3.05) is 0 Å². The van der Waals surface area contributed by atoms with Crippen LogP contribution in [0.3, 0.4) is 0 Å². The Balaban J connectivity index is 0.000000423. The predicted molar refractivity (Wildman–Crippen MR) is 244 cm³/mol. The molecule has 0 saturated carbocycles. The van der Waals surface area contributed by atoms with E-state index in [-0.39, 0.29) is 43.5 Å². The second-order valence-electron chi connectivity index (χ2n) is 12.8. The van der Waals surface area contributed by atoms with Crippen LogP contribution in [0.4, 0.5) is 52.7 Å². The van der Waals surface area contributed by atoms with Gasteiger partial charge in [-0.1, -0.05) is 58.0 Å². The molecule has 8 aromatic rings. The van der Waals surface area contributed by atoms with Crippen molar-refractivity contribution < 1.29 is 52.7 Å². The van der Waals surface area contributed by atoms with Crippen molar-refractivity contribution in [2.45, 2.75) is 55.4 Å². The molecule has 74 heavy (non-hydrogen) atoms. The summed E-state index contributed by atoms with van der Waals surface area (Å²) < 4.78 is 146. The number of nitrogens with zero attached hydrogens (tertiary/aromatic N) is 16. The van der Waals surface area contributed by atoms with Gasteiger partial charge in [-0.05, 0) is 67.0 Å². The summed E-state index contributed by atoms with van der Waals surface area (Å²) in [5.74, 6) is -8.64. The van der Waals surface area contributed by atoms with Crippen LogP contribution in [0.2, 0.25) is 30.5 Å². The van der Waals surface area contributed by atoms with Crippen molar-refractivity contribution in [1.82, 2.24) is 79.7 Å². The van der Waals surface area contributed by atoms with Crippen LogP contribution in [-0.2, 0) is 0 Å². The molecule has 0 saturated heterocycles. The lowest BCUT2D eigenvalue weighted by Gasteiger charge is -1.97. The summed E-state index contributed by atoms with van der Waals surface area (Å²) in [6, 6.07) is 2.97. The topological polar surface area (TPSA) is 206 Å². The largest absolute Gasteiger partial charge is 0.311 e. The second kappa shape index (κ2) is 32.7. The zero-order valence-corrected chi connectivity index (χ0v) is 43.0. The zero-order valence-electron chi connectivity index (χ0n) is 38.4. The van der Waals surface area contributed by atoms with Gasteiger partial charge >= 0.3 is 12.2 Å². The minimum Gasteiger partial charge on any atom is -0.241 e. The van der Waals surface area contributed by atoms with Gasteiger partial charge in [0.1, 0.15) is 40.7 Å². The van der Waals surface area contributed by atoms with Crippen LogP contribution in [0.15, 0.2) is 37.2 Å². The van der Waals surface area contributed by atoms with Gasteiger partial charge in [0, 0.05) is 29.6 Å². The number of hydrogen-bond donors (Lipinski definition) is 0. The molecule has 8 heterocycles. The molecule has 396 valence electrons. The standard InChI is InChI=1S/C5H3Cl3N2.2C5H3ClF2N2.C5H4ClFN2.3C5H4F2N2.C5H5FN2/c1-2-3(6)4(7)10-5(8)9-2;1-2-9-4(7)3(6)5(8)10-2;1-2-3(6)4(7)10-5(8)9-2;2*1-3-4(6)5(7)9-2-8-3;1-3-8-4(6)2-5(7)9-3;1-3-2-4(6)9-5(7)8-3;1-4-2-5(6)8-3-7-4/h3*1H3;4*2H,1H3;2-3H,1H3. The molecule has 0 unspecified atom stereocenters. The molecule has 0 aliphatic carbocycles. The van der Waals surface area contributed by atoms with Crippen molar-refractivity contribution in [3.63, 3.8) is 0 Å². The van der Waals surface area contributed by atoms with Crippen molar-refractivity contribution in [1.29, 1.82) is 0 Å². The second-order valence-corrected chi connectivity index (χ2v) is 15.0. The Labute approximate surface area is 440 Å². The summed E-state index contributed by atoms with van der Waals surface area (Å²) in [6.07, 6.45) is 1.20. The number of aromatic nitrogens is 16. The molecule has 0 amide bonds. The number of aryl methyl sites for hydroxylation is 8. The Morgan fingerprint density at radius 2 is 0.757 bits per heavy atom. The van der Waals surface area contributed by atoms with Crippen molar-refractivity contribution in [3.8, 4) is 0 Å². The van der Waals surface area contributed by atoms with Gasteiger partial charge in [0.15, 0.2) is 16.0 Å². The van der Waals surface area contributed by atoms with Gasteiger partial charge in [0.2, 0.25) is 52.9 Å². The zero-order chi connectivity index (χ0) is 56.6. The van der Waals surface area contributed by atoms with E-state index in [1.807, 2.05) is 0 Å². The maximum atomic E-state index is 12.3. The highest BCUT2D eigenvalue weighted by Gasteiger charge is 2.10. The Hall–Kier alpha value is -6.46. The Bertz CT molecular complexity index is 2650. The fraction of sp³-hybridized carbons (Fsp3) is 0.200. The first-order valence-electron chi connectivity index (χ1n) is 19.0.